The van der Waals surface area contributed by atoms with Gasteiger partial charge in [0.25, 0.3) is 0 Å². The third-order valence-corrected chi connectivity index (χ3v) is 6.35. The Morgan fingerprint density at radius 3 is 2.31 bits per heavy atom. The van der Waals surface area contributed by atoms with Gasteiger partial charge in [0.1, 0.15) is 11.6 Å². The number of likely N-dealkylation sites (tertiary alicyclic amines) is 1. The van der Waals surface area contributed by atoms with Gasteiger partial charge >= 0.3 is 0 Å². The number of hydrogen-bond donors (Lipinski definition) is 2. The summed E-state index contributed by atoms with van der Waals surface area (Å²) in [5, 5.41) is 5.72. The van der Waals surface area contributed by atoms with Gasteiger partial charge in [0.2, 0.25) is 11.8 Å². The number of ether oxygens (including phenoxy) is 1. The van der Waals surface area contributed by atoms with Crippen molar-refractivity contribution in [2.75, 3.05) is 43.6 Å². The fourth-order valence-electron chi connectivity index (χ4n) is 3.74. The molecule has 0 spiro atoms. The molecule has 2 aromatic rings. The second-order valence-corrected chi connectivity index (χ2v) is 8.72. The molecule has 2 N–H and O–H groups in total. The Morgan fingerprint density at radius 1 is 1.00 bits per heavy atom. The van der Waals surface area contributed by atoms with Crippen molar-refractivity contribution in [2.24, 2.45) is 0 Å². The van der Waals surface area contributed by atoms with E-state index in [4.69, 9.17) is 4.74 Å². The molecule has 3 rings (SSSR count). The van der Waals surface area contributed by atoms with Crippen LogP contribution in [0.5, 0.6) is 5.75 Å². The van der Waals surface area contributed by atoms with E-state index in [0.717, 1.165) is 24.4 Å². The van der Waals surface area contributed by atoms with Crippen LogP contribution in [0.2, 0.25) is 0 Å². The Kier molecular flexibility index (Phi) is 9.37. The number of benzene rings is 2. The first-order valence-corrected chi connectivity index (χ1v) is 12.0. The third-order valence-electron chi connectivity index (χ3n) is 5.42. The first-order chi connectivity index (χ1) is 15.5. The normalized spacial score (nSPS) is 15.1. The molecular weight excluding hydrogens is 429 g/mol. The van der Waals surface area contributed by atoms with Gasteiger partial charge in [0.05, 0.1) is 24.7 Å². The highest BCUT2D eigenvalue weighted by Gasteiger charge is 2.23. The highest BCUT2D eigenvalue weighted by atomic mass is 32.2. The summed E-state index contributed by atoms with van der Waals surface area (Å²) in [6.45, 7) is 2.56. The van der Waals surface area contributed by atoms with Gasteiger partial charge in [0.15, 0.2) is 0 Å². The van der Waals surface area contributed by atoms with Crippen LogP contribution in [0.15, 0.2) is 48.5 Å². The molecule has 0 radical (unpaired) electrons. The predicted molar refractivity (Wildman–Crippen MR) is 127 cm³/mol. The summed E-state index contributed by atoms with van der Waals surface area (Å²) in [4.78, 5) is 26.8. The smallest absolute Gasteiger partial charge is 0.234 e. The lowest BCUT2D eigenvalue weighted by Crippen LogP contribution is -2.41. The quantitative estimate of drug-likeness (QED) is 0.565. The SMILES string of the molecule is COc1ccc(C(CNC(=O)CSCC(=O)Nc2ccc(F)cc2)N2CCCCC2)cc1. The van der Waals surface area contributed by atoms with E-state index in [1.54, 1.807) is 7.11 Å². The van der Waals surface area contributed by atoms with Crippen LogP contribution < -0.4 is 15.4 Å². The van der Waals surface area contributed by atoms with E-state index < -0.39 is 0 Å². The number of rotatable bonds is 10. The molecule has 32 heavy (non-hydrogen) atoms. The summed E-state index contributed by atoms with van der Waals surface area (Å²) in [5.41, 5.74) is 1.68. The summed E-state index contributed by atoms with van der Waals surface area (Å²) in [5.74, 6) is 0.487. The van der Waals surface area contributed by atoms with Crippen LogP contribution in [-0.4, -0.2) is 55.0 Å². The summed E-state index contributed by atoms with van der Waals surface area (Å²) in [6, 6.07) is 13.7. The lowest BCUT2D eigenvalue weighted by Gasteiger charge is -2.35. The monoisotopic (exact) mass is 459 g/mol. The first kappa shape index (κ1) is 24.1. The molecule has 1 aliphatic heterocycles. The number of methoxy groups -OCH3 is 1. The van der Waals surface area contributed by atoms with Crippen molar-refractivity contribution in [3.8, 4) is 5.75 Å². The van der Waals surface area contributed by atoms with Gasteiger partial charge in [-0.25, -0.2) is 4.39 Å². The molecule has 6 nitrogen and oxygen atoms in total. The van der Waals surface area contributed by atoms with Crippen molar-refractivity contribution in [1.82, 2.24) is 10.2 Å². The number of thioether (sulfide) groups is 1. The second-order valence-electron chi connectivity index (χ2n) is 7.74. The van der Waals surface area contributed by atoms with Crippen molar-refractivity contribution in [2.45, 2.75) is 25.3 Å². The number of halogens is 1. The minimum Gasteiger partial charge on any atom is -0.497 e. The fourth-order valence-corrected chi connectivity index (χ4v) is 4.39. The molecule has 1 saturated heterocycles. The Balaban J connectivity index is 1.46. The predicted octanol–water partition coefficient (Wildman–Crippen LogP) is 3.85. The maximum atomic E-state index is 12.9. The highest BCUT2D eigenvalue weighted by Crippen LogP contribution is 2.26. The molecule has 1 fully saturated rings. The van der Waals surface area contributed by atoms with Crippen LogP contribution >= 0.6 is 11.8 Å². The fraction of sp³-hybridized carbons (Fsp3) is 0.417. The van der Waals surface area contributed by atoms with E-state index in [9.17, 15) is 14.0 Å². The molecule has 172 valence electrons. The van der Waals surface area contributed by atoms with Crippen LogP contribution in [0, 0.1) is 5.82 Å². The van der Waals surface area contributed by atoms with Crippen molar-refractivity contribution in [3.05, 3.63) is 59.9 Å². The molecule has 0 saturated carbocycles. The van der Waals surface area contributed by atoms with Crippen LogP contribution in [0.3, 0.4) is 0 Å². The van der Waals surface area contributed by atoms with Gasteiger partial charge < -0.3 is 15.4 Å². The zero-order valence-corrected chi connectivity index (χ0v) is 19.1. The number of carbonyl (C=O) groups excluding carboxylic acids is 2. The zero-order chi connectivity index (χ0) is 22.8. The average Bonchev–Trinajstić information content (AvgIpc) is 2.82. The Morgan fingerprint density at radius 2 is 1.66 bits per heavy atom. The molecule has 0 aromatic heterocycles. The van der Waals surface area contributed by atoms with Gasteiger partial charge in [-0.05, 0) is 67.9 Å². The molecule has 0 aliphatic carbocycles. The first-order valence-electron chi connectivity index (χ1n) is 10.8. The molecule has 1 heterocycles. The number of piperidine rings is 1. The van der Waals surface area contributed by atoms with Crippen LogP contribution in [0.25, 0.3) is 0 Å². The number of anilines is 1. The molecule has 1 aliphatic rings. The molecular formula is C24H30FN3O3S. The maximum Gasteiger partial charge on any atom is 0.234 e. The standard InChI is InChI=1S/C24H30FN3O3S/c1-31-21-11-5-18(6-12-21)22(28-13-3-2-4-14-28)15-26-23(29)16-32-17-24(30)27-20-9-7-19(25)8-10-20/h5-12,22H,2-4,13-17H2,1H3,(H,26,29)(H,27,30). The van der Waals surface area contributed by atoms with Crippen molar-refractivity contribution < 1.29 is 18.7 Å². The molecule has 1 unspecified atom stereocenters. The van der Waals surface area contributed by atoms with Gasteiger partial charge in [-0.1, -0.05) is 18.6 Å². The van der Waals surface area contributed by atoms with Crippen molar-refractivity contribution >= 4 is 29.3 Å². The van der Waals surface area contributed by atoms with Gasteiger partial charge in [-0.2, -0.15) is 0 Å². The van der Waals surface area contributed by atoms with Gasteiger partial charge in [-0.15, -0.1) is 11.8 Å². The van der Waals surface area contributed by atoms with Gasteiger partial charge in [-0.3, -0.25) is 14.5 Å². The highest BCUT2D eigenvalue weighted by molar-refractivity contribution is 8.00. The largest absolute Gasteiger partial charge is 0.497 e. The van der Waals surface area contributed by atoms with Gasteiger partial charge in [0, 0.05) is 12.2 Å². The summed E-state index contributed by atoms with van der Waals surface area (Å²) >= 11 is 1.25. The number of amides is 2. The second kappa shape index (κ2) is 12.5. The summed E-state index contributed by atoms with van der Waals surface area (Å²) in [6.07, 6.45) is 3.58. The Labute approximate surface area is 192 Å². The molecule has 0 bridgehead atoms. The molecule has 2 amide bonds. The van der Waals surface area contributed by atoms with E-state index >= 15 is 0 Å². The third kappa shape index (κ3) is 7.53. The number of hydrogen-bond acceptors (Lipinski definition) is 5. The topological polar surface area (TPSA) is 70.7 Å². The maximum absolute atomic E-state index is 12.9. The Bertz CT molecular complexity index is 871. The van der Waals surface area contributed by atoms with E-state index in [1.165, 1.54) is 55.3 Å². The van der Waals surface area contributed by atoms with Crippen LogP contribution in [0.4, 0.5) is 10.1 Å². The molecule has 8 heteroatoms. The van der Waals surface area contributed by atoms with E-state index in [-0.39, 0.29) is 35.2 Å². The lowest BCUT2D eigenvalue weighted by atomic mass is 10.0. The van der Waals surface area contributed by atoms with E-state index in [2.05, 4.69) is 27.7 Å². The number of carbonyl (C=O) groups is 2. The lowest BCUT2D eigenvalue weighted by molar-refractivity contribution is -0.118. The van der Waals surface area contributed by atoms with Crippen LogP contribution in [0.1, 0.15) is 30.9 Å². The molecule has 2 aromatic carbocycles. The van der Waals surface area contributed by atoms with Crippen LogP contribution in [-0.2, 0) is 9.59 Å². The molecule has 1 atom stereocenters. The number of nitrogens with one attached hydrogen (secondary N) is 2. The minimum atomic E-state index is -0.355. The van der Waals surface area contributed by atoms with Crippen molar-refractivity contribution in [1.29, 1.82) is 0 Å². The minimum absolute atomic E-state index is 0.0971. The summed E-state index contributed by atoms with van der Waals surface area (Å²) in [7, 11) is 1.65. The van der Waals surface area contributed by atoms with Crippen molar-refractivity contribution in [3.63, 3.8) is 0 Å². The van der Waals surface area contributed by atoms with E-state index in [0.29, 0.717) is 12.2 Å². The number of nitrogens with zero attached hydrogens (tertiary/aromatic N) is 1. The Hall–Kier alpha value is -2.58. The van der Waals surface area contributed by atoms with E-state index in [1.807, 2.05) is 12.1 Å². The summed E-state index contributed by atoms with van der Waals surface area (Å²) < 4.78 is 18.2. The average molecular weight is 460 g/mol. The zero-order valence-electron chi connectivity index (χ0n) is 18.3.